The molecular weight excluding hydrogens is 242 g/mol. The van der Waals surface area contributed by atoms with E-state index in [-0.39, 0.29) is 18.4 Å². The van der Waals surface area contributed by atoms with Crippen molar-refractivity contribution in [2.45, 2.75) is 33.3 Å². The van der Waals surface area contributed by atoms with Crippen LogP contribution >= 0.6 is 0 Å². The molecule has 0 fully saturated rings. The number of para-hydroxylation sites is 1. The standard InChI is InChI=1S/C15H23NO3/c1-5-19-13-9-7-6-8-12(13)14(17)16-10-15(4,18)11(2)3/h6-9,11,18H,5,10H2,1-4H3,(H,16,17). The topological polar surface area (TPSA) is 58.6 Å². The van der Waals surface area contributed by atoms with Crippen LogP contribution < -0.4 is 10.1 Å². The summed E-state index contributed by atoms with van der Waals surface area (Å²) in [4.78, 5) is 12.1. The van der Waals surface area contributed by atoms with Gasteiger partial charge in [0.1, 0.15) is 5.75 Å². The lowest BCUT2D eigenvalue weighted by molar-refractivity contribution is 0.0142. The van der Waals surface area contributed by atoms with Crippen LogP contribution in [0.15, 0.2) is 24.3 Å². The molecule has 106 valence electrons. The zero-order valence-corrected chi connectivity index (χ0v) is 12.1. The van der Waals surface area contributed by atoms with Crippen LogP contribution in [0.2, 0.25) is 0 Å². The number of nitrogens with one attached hydrogen (secondary N) is 1. The maximum absolute atomic E-state index is 12.1. The van der Waals surface area contributed by atoms with Gasteiger partial charge in [-0.3, -0.25) is 4.79 Å². The van der Waals surface area contributed by atoms with Gasteiger partial charge in [0.25, 0.3) is 5.91 Å². The van der Waals surface area contributed by atoms with Crippen LogP contribution in [0.25, 0.3) is 0 Å². The number of carbonyl (C=O) groups excluding carboxylic acids is 1. The first-order valence-corrected chi connectivity index (χ1v) is 6.61. The van der Waals surface area contributed by atoms with E-state index in [1.165, 1.54) is 0 Å². The highest BCUT2D eigenvalue weighted by molar-refractivity contribution is 5.96. The first-order valence-electron chi connectivity index (χ1n) is 6.61. The summed E-state index contributed by atoms with van der Waals surface area (Å²) in [6.07, 6.45) is 0. The summed E-state index contributed by atoms with van der Waals surface area (Å²) >= 11 is 0. The van der Waals surface area contributed by atoms with Crippen molar-refractivity contribution in [3.05, 3.63) is 29.8 Å². The summed E-state index contributed by atoms with van der Waals surface area (Å²) in [5, 5.41) is 12.9. The predicted octanol–water partition coefficient (Wildman–Crippen LogP) is 2.22. The summed E-state index contributed by atoms with van der Waals surface area (Å²) < 4.78 is 5.41. The Balaban J connectivity index is 2.74. The molecule has 0 aliphatic rings. The molecule has 1 amide bonds. The molecule has 0 heterocycles. The third kappa shape index (κ3) is 4.24. The van der Waals surface area contributed by atoms with Crippen molar-refractivity contribution in [2.75, 3.05) is 13.2 Å². The Labute approximate surface area is 114 Å². The lowest BCUT2D eigenvalue weighted by atomic mass is 9.92. The van der Waals surface area contributed by atoms with Gasteiger partial charge in [0.05, 0.1) is 17.8 Å². The number of benzene rings is 1. The average Bonchev–Trinajstić information content (AvgIpc) is 2.37. The summed E-state index contributed by atoms with van der Waals surface area (Å²) in [5.74, 6) is 0.395. The van der Waals surface area contributed by atoms with E-state index in [1.54, 1.807) is 25.1 Å². The second-order valence-electron chi connectivity index (χ2n) is 5.12. The third-order valence-electron chi connectivity index (χ3n) is 3.28. The van der Waals surface area contributed by atoms with Crippen LogP contribution in [0.1, 0.15) is 38.1 Å². The van der Waals surface area contributed by atoms with Gasteiger partial charge in [-0.25, -0.2) is 0 Å². The van der Waals surface area contributed by atoms with Gasteiger partial charge >= 0.3 is 0 Å². The molecule has 4 heteroatoms. The highest BCUT2D eigenvalue weighted by Crippen LogP contribution is 2.19. The minimum Gasteiger partial charge on any atom is -0.493 e. The van der Waals surface area contributed by atoms with Gasteiger partial charge < -0.3 is 15.2 Å². The fourth-order valence-electron chi connectivity index (χ4n) is 1.49. The van der Waals surface area contributed by atoms with Crippen LogP contribution in [0, 0.1) is 5.92 Å². The van der Waals surface area contributed by atoms with Crippen LogP contribution in [-0.4, -0.2) is 29.8 Å². The van der Waals surface area contributed by atoms with E-state index < -0.39 is 5.60 Å². The fraction of sp³-hybridized carbons (Fsp3) is 0.533. The molecule has 0 aromatic heterocycles. The molecule has 1 atom stereocenters. The summed E-state index contributed by atoms with van der Waals surface area (Å²) in [6, 6.07) is 7.09. The Morgan fingerprint density at radius 1 is 1.42 bits per heavy atom. The maximum atomic E-state index is 12.1. The number of ether oxygens (including phenoxy) is 1. The number of carbonyl (C=O) groups is 1. The second kappa shape index (κ2) is 6.57. The third-order valence-corrected chi connectivity index (χ3v) is 3.28. The average molecular weight is 265 g/mol. The smallest absolute Gasteiger partial charge is 0.255 e. The monoisotopic (exact) mass is 265 g/mol. The molecule has 0 radical (unpaired) electrons. The van der Waals surface area contributed by atoms with Gasteiger partial charge in [0.15, 0.2) is 0 Å². The molecule has 19 heavy (non-hydrogen) atoms. The Bertz CT molecular complexity index is 427. The van der Waals surface area contributed by atoms with Gasteiger partial charge in [0, 0.05) is 6.54 Å². The number of aliphatic hydroxyl groups is 1. The molecule has 0 spiro atoms. The number of rotatable bonds is 6. The van der Waals surface area contributed by atoms with Gasteiger partial charge in [-0.2, -0.15) is 0 Å². The molecule has 1 aromatic rings. The molecule has 0 saturated carbocycles. The molecule has 2 N–H and O–H groups in total. The molecule has 4 nitrogen and oxygen atoms in total. The van der Waals surface area contributed by atoms with Crippen molar-refractivity contribution in [2.24, 2.45) is 5.92 Å². The van der Waals surface area contributed by atoms with Crippen molar-refractivity contribution in [3.8, 4) is 5.75 Å². The SMILES string of the molecule is CCOc1ccccc1C(=O)NCC(C)(O)C(C)C. The molecule has 1 unspecified atom stereocenters. The van der Waals surface area contributed by atoms with E-state index in [0.717, 1.165) is 0 Å². The zero-order valence-electron chi connectivity index (χ0n) is 12.1. The quantitative estimate of drug-likeness (QED) is 0.829. The van der Waals surface area contributed by atoms with Crippen molar-refractivity contribution in [1.82, 2.24) is 5.32 Å². The van der Waals surface area contributed by atoms with Crippen LogP contribution in [0.5, 0.6) is 5.75 Å². The van der Waals surface area contributed by atoms with E-state index in [0.29, 0.717) is 17.9 Å². The summed E-state index contributed by atoms with van der Waals surface area (Å²) in [6.45, 7) is 8.14. The first-order chi connectivity index (χ1) is 8.88. The first kappa shape index (κ1) is 15.5. The zero-order chi connectivity index (χ0) is 14.5. The van der Waals surface area contributed by atoms with E-state index >= 15 is 0 Å². The summed E-state index contributed by atoms with van der Waals surface area (Å²) in [5.41, 5.74) is -0.431. The summed E-state index contributed by atoms with van der Waals surface area (Å²) in [7, 11) is 0. The lowest BCUT2D eigenvalue weighted by Crippen LogP contribution is -2.44. The van der Waals surface area contributed by atoms with Crippen LogP contribution in [0.4, 0.5) is 0 Å². The Morgan fingerprint density at radius 3 is 2.63 bits per heavy atom. The Morgan fingerprint density at radius 2 is 2.05 bits per heavy atom. The van der Waals surface area contributed by atoms with Gasteiger partial charge in [-0.15, -0.1) is 0 Å². The molecule has 0 aliphatic carbocycles. The van der Waals surface area contributed by atoms with E-state index in [9.17, 15) is 9.90 Å². The van der Waals surface area contributed by atoms with Crippen molar-refractivity contribution < 1.29 is 14.6 Å². The number of amides is 1. The van der Waals surface area contributed by atoms with E-state index in [1.807, 2.05) is 26.8 Å². The minimum absolute atomic E-state index is 0.0648. The second-order valence-corrected chi connectivity index (χ2v) is 5.12. The Hall–Kier alpha value is -1.55. The van der Waals surface area contributed by atoms with Gasteiger partial charge in [-0.05, 0) is 31.9 Å². The normalized spacial score (nSPS) is 14.0. The maximum Gasteiger partial charge on any atom is 0.255 e. The lowest BCUT2D eigenvalue weighted by Gasteiger charge is -2.27. The van der Waals surface area contributed by atoms with E-state index in [2.05, 4.69) is 5.32 Å². The fourth-order valence-corrected chi connectivity index (χ4v) is 1.49. The highest BCUT2D eigenvalue weighted by atomic mass is 16.5. The number of hydrogen-bond donors (Lipinski definition) is 2. The molecule has 0 aliphatic heterocycles. The van der Waals surface area contributed by atoms with Crippen LogP contribution in [-0.2, 0) is 0 Å². The van der Waals surface area contributed by atoms with Gasteiger partial charge in [-0.1, -0.05) is 26.0 Å². The van der Waals surface area contributed by atoms with Crippen molar-refractivity contribution in [3.63, 3.8) is 0 Å². The van der Waals surface area contributed by atoms with Gasteiger partial charge in [0.2, 0.25) is 0 Å². The van der Waals surface area contributed by atoms with Crippen molar-refractivity contribution in [1.29, 1.82) is 0 Å². The largest absolute Gasteiger partial charge is 0.493 e. The molecule has 0 bridgehead atoms. The molecular formula is C15H23NO3. The van der Waals surface area contributed by atoms with Crippen LogP contribution in [0.3, 0.4) is 0 Å². The van der Waals surface area contributed by atoms with Crippen molar-refractivity contribution >= 4 is 5.91 Å². The molecule has 1 rings (SSSR count). The predicted molar refractivity (Wildman–Crippen MR) is 75.4 cm³/mol. The minimum atomic E-state index is -0.920. The molecule has 0 saturated heterocycles. The Kier molecular flexibility index (Phi) is 5.36. The number of hydrogen-bond acceptors (Lipinski definition) is 3. The highest BCUT2D eigenvalue weighted by Gasteiger charge is 2.26. The van der Waals surface area contributed by atoms with E-state index in [4.69, 9.17) is 4.74 Å². The molecule has 1 aromatic carbocycles.